The molecule has 19 heavy (non-hydrogen) atoms. The lowest BCUT2D eigenvalue weighted by Gasteiger charge is -2.22. The van der Waals surface area contributed by atoms with Crippen molar-refractivity contribution in [2.24, 2.45) is 0 Å². The number of hydrogen-bond acceptors (Lipinski definition) is 2. The molecule has 0 aromatic heterocycles. The first kappa shape index (κ1) is 13.9. The molecule has 0 atom stereocenters. The van der Waals surface area contributed by atoms with E-state index in [0.29, 0.717) is 17.2 Å². The van der Waals surface area contributed by atoms with Crippen molar-refractivity contribution >= 4 is 23.6 Å². The number of nitrogens with zero attached hydrogens (tertiary/aromatic N) is 1. The highest BCUT2D eigenvalue weighted by Gasteiger charge is 2.20. The molecule has 1 heterocycles. The zero-order valence-corrected chi connectivity index (χ0v) is 12.0. The minimum Gasteiger partial charge on any atom is -0.488 e. The highest BCUT2D eigenvalue weighted by molar-refractivity contribution is 6.30. The fraction of sp³-hybridized carbons (Fsp3) is 0.400. The van der Waals surface area contributed by atoms with E-state index < -0.39 is 0 Å². The molecule has 102 valence electrons. The van der Waals surface area contributed by atoms with Gasteiger partial charge in [0.2, 0.25) is 0 Å². The summed E-state index contributed by atoms with van der Waals surface area (Å²) in [7, 11) is 1.83. The van der Waals surface area contributed by atoms with Crippen LogP contribution in [0.25, 0.3) is 6.08 Å². The molecule has 0 fully saturated rings. The van der Waals surface area contributed by atoms with Gasteiger partial charge in [0.05, 0.1) is 5.57 Å². The summed E-state index contributed by atoms with van der Waals surface area (Å²) in [6, 6.07) is 5.43. The Labute approximate surface area is 118 Å². The third-order valence-electron chi connectivity index (χ3n) is 3.15. The number of hydrogen-bond donors (Lipinski definition) is 0. The Morgan fingerprint density at radius 1 is 1.47 bits per heavy atom. The van der Waals surface area contributed by atoms with Gasteiger partial charge in [-0.05, 0) is 30.7 Å². The Bertz CT molecular complexity index is 511. The lowest BCUT2D eigenvalue weighted by Crippen LogP contribution is -2.31. The molecule has 0 radical (unpaired) electrons. The van der Waals surface area contributed by atoms with Gasteiger partial charge in [-0.15, -0.1) is 0 Å². The molecule has 0 aliphatic carbocycles. The SMILES string of the molecule is CCCCN(C)C(=O)C1=Cc2cc(Cl)ccc2OC1. The van der Waals surface area contributed by atoms with E-state index in [9.17, 15) is 4.79 Å². The monoisotopic (exact) mass is 279 g/mol. The number of amides is 1. The number of rotatable bonds is 4. The van der Waals surface area contributed by atoms with Crippen LogP contribution in [0.4, 0.5) is 0 Å². The van der Waals surface area contributed by atoms with Crippen LogP contribution >= 0.6 is 11.6 Å². The van der Waals surface area contributed by atoms with Gasteiger partial charge in [0.25, 0.3) is 5.91 Å². The molecule has 0 spiro atoms. The third-order valence-corrected chi connectivity index (χ3v) is 3.39. The molecule has 1 amide bonds. The maximum Gasteiger partial charge on any atom is 0.252 e. The molecule has 1 aliphatic heterocycles. The number of unbranched alkanes of at least 4 members (excludes halogenated alkanes) is 1. The largest absolute Gasteiger partial charge is 0.488 e. The first-order valence-electron chi connectivity index (χ1n) is 6.50. The van der Waals surface area contributed by atoms with Gasteiger partial charge in [0, 0.05) is 24.2 Å². The summed E-state index contributed by atoms with van der Waals surface area (Å²) in [5, 5.41) is 0.645. The number of likely N-dealkylation sites (N-methyl/N-ethyl adjacent to an activating group) is 1. The Hall–Kier alpha value is -1.48. The van der Waals surface area contributed by atoms with E-state index in [1.165, 1.54) is 0 Å². The predicted molar refractivity (Wildman–Crippen MR) is 77.5 cm³/mol. The fourth-order valence-corrected chi connectivity index (χ4v) is 2.19. The quantitative estimate of drug-likeness (QED) is 0.846. The van der Waals surface area contributed by atoms with Crippen LogP contribution in [0.3, 0.4) is 0 Å². The normalized spacial score (nSPS) is 13.3. The molecule has 4 heteroatoms. The van der Waals surface area contributed by atoms with Gasteiger partial charge in [-0.2, -0.15) is 0 Å². The van der Waals surface area contributed by atoms with Crippen LogP contribution in [-0.2, 0) is 4.79 Å². The molecule has 0 bridgehead atoms. The minimum atomic E-state index is 0.0269. The second-order valence-corrected chi connectivity index (χ2v) is 5.16. The minimum absolute atomic E-state index is 0.0269. The Balaban J connectivity index is 2.16. The number of ether oxygens (including phenoxy) is 1. The van der Waals surface area contributed by atoms with Crippen LogP contribution in [0, 0.1) is 0 Å². The predicted octanol–water partition coefficient (Wildman–Crippen LogP) is 3.37. The van der Waals surface area contributed by atoms with Crippen molar-refractivity contribution in [2.45, 2.75) is 19.8 Å². The molecule has 0 N–H and O–H groups in total. The lowest BCUT2D eigenvalue weighted by molar-refractivity contribution is -0.126. The van der Waals surface area contributed by atoms with Crippen LogP contribution < -0.4 is 4.74 Å². The summed E-state index contributed by atoms with van der Waals surface area (Å²) in [5.74, 6) is 0.802. The molecule has 1 aliphatic rings. The summed E-state index contributed by atoms with van der Waals surface area (Å²) in [6.45, 7) is 3.21. The number of carbonyl (C=O) groups is 1. The first-order valence-corrected chi connectivity index (χ1v) is 6.88. The van der Waals surface area contributed by atoms with Gasteiger partial charge in [-0.1, -0.05) is 24.9 Å². The van der Waals surface area contributed by atoms with Gasteiger partial charge in [-0.25, -0.2) is 0 Å². The Kier molecular flexibility index (Phi) is 4.48. The van der Waals surface area contributed by atoms with Crippen molar-refractivity contribution in [3.8, 4) is 5.75 Å². The van der Waals surface area contributed by atoms with E-state index in [-0.39, 0.29) is 5.91 Å². The fourth-order valence-electron chi connectivity index (χ4n) is 2.01. The molecule has 0 saturated heterocycles. The summed E-state index contributed by atoms with van der Waals surface area (Å²) < 4.78 is 5.59. The summed E-state index contributed by atoms with van der Waals surface area (Å²) in [4.78, 5) is 14.0. The van der Waals surface area contributed by atoms with Gasteiger partial charge in [0.15, 0.2) is 0 Å². The van der Waals surface area contributed by atoms with Crippen LogP contribution in [0.5, 0.6) is 5.75 Å². The van der Waals surface area contributed by atoms with Crippen LogP contribution in [0.1, 0.15) is 25.3 Å². The second-order valence-electron chi connectivity index (χ2n) is 4.72. The second kappa shape index (κ2) is 6.11. The maximum atomic E-state index is 12.2. The van der Waals surface area contributed by atoms with E-state index in [0.717, 1.165) is 30.7 Å². The van der Waals surface area contributed by atoms with E-state index in [1.807, 2.05) is 25.3 Å². The van der Waals surface area contributed by atoms with Gasteiger partial charge in [0.1, 0.15) is 12.4 Å². The van der Waals surface area contributed by atoms with Crippen LogP contribution in [0.15, 0.2) is 23.8 Å². The van der Waals surface area contributed by atoms with E-state index in [2.05, 4.69) is 6.92 Å². The number of benzene rings is 1. The Morgan fingerprint density at radius 3 is 3.00 bits per heavy atom. The molecule has 1 aromatic rings. The zero-order valence-electron chi connectivity index (χ0n) is 11.3. The highest BCUT2D eigenvalue weighted by atomic mass is 35.5. The maximum absolute atomic E-state index is 12.2. The summed E-state index contributed by atoms with van der Waals surface area (Å²) >= 11 is 5.95. The first-order chi connectivity index (χ1) is 9.11. The molecular formula is C15H18ClNO2. The third kappa shape index (κ3) is 3.29. The smallest absolute Gasteiger partial charge is 0.252 e. The zero-order chi connectivity index (χ0) is 13.8. The Morgan fingerprint density at radius 2 is 2.26 bits per heavy atom. The molecular weight excluding hydrogens is 262 g/mol. The van der Waals surface area contributed by atoms with Gasteiger partial charge in [-0.3, -0.25) is 4.79 Å². The van der Waals surface area contributed by atoms with E-state index in [1.54, 1.807) is 11.0 Å². The van der Waals surface area contributed by atoms with E-state index in [4.69, 9.17) is 16.3 Å². The molecule has 2 rings (SSSR count). The summed E-state index contributed by atoms with van der Waals surface area (Å²) in [6.07, 6.45) is 3.96. The topological polar surface area (TPSA) is 29.5 Å². The molecule has 1 aromatic carbocycles. The van der Waals surface area contributed by atoms with Gasteiger partial charge >= 0.3 is 0 Å². The molecule has 3 nitrogen and oxygen atoms in total. The number of halogens is 1. The lowest BCUT2D eigenvalue weighted by atomic mass is 10.1. The van der Waals surface area contributed by atoms with E-state index >= 15 is 0 Å². The highest BCUT2D eigenvalue weighted by Crippen LogP contribution is 2.29. The van der Waals surface area contributed by atoms with Crippen molar-refractivity contribution in [2.75, 3.05) is 20.2 Å². The molecule has 0 unspecified atom stereocenters. The number of carbonyl (C=O) groups excluding carboxylic acids is 1. The standard InChI is InChI=1S/C15H18ClNO2/c1-3-4-7-17(2)15(18)12-8-11-9-13(16)5-6-14(11)19-10-12/h5-6,8-9H,3-4,7,10H2,1-2H3. The van der Waals surface area contributed by atoms with Crippen molar-refractivity contribution in [3.63, 3.8) is 0 Å². The van der Waals surface area contributed by atoms with Gasteiger partial charge < -0.3 is 9.64 Å². The van der Waals surface area contributed by atoms with Crippen molar-refractivity contribution < 1.29 is 9.53 Å². The average molecular weight is 280 g/mol. The average Bonchev–Trinajstić information content (AvgIpc) is 2.43. The number of fused-ring (bicyclic) bond motifs is 1. The van der Waals surface area contributed by atoms with Crippen molar-refractivity contribution in [1.82, 2.24) is 4.90 Å². The summed E-state index contributed by atoms with van der Waals surface area (Å²) in [5.41, 5.74) is 1.54. The van der Waals surface area contributed by atoms with Crippen molar-refractivity contribution in [1.29, 1.82) is 0 Å². The molecule has 0 saturated carbocycles. The van der Waals surface area contributed by atoms with Crippen molar-refractivity contribution in [3.05, 3.63) is 34.4 Å². The van der Waals surface area contributed by atoms with Crippen LogP contribution in [0.2, 0.25) is 5.02 Å². The van der Waals surface area contributed by atoms with Crippen LogP contribution in [-0.4, -0.2) is 31.0 Å².